The van der Waals surface area contributed by atoms with Crippen LogP contribution in [0.25, 0.3) is 11.0 Å². The summed E-state index contributed by atoms with van der Waals surface area (Å²) in [7, 11) is 0. The molecular formula is C24H26FN5O3. The van der Waals surface area contributed by atoms with Crippen LogP contribution in [0, 0.1) is 5.82 Å². The summed E-state index contributed by atoms with van der Waals surface area (Å²) in [6.45, 7) is 3.06. The first-order valence-electron chi connectivity index (χ1n) is 11.3. The van der Waals surface area contributed by atoms with E-state index in [2.05, 4.69) is 25.2 Å². The number of hydrogen-bond acceptors (Lipinski definition) is 7. The number of nitrogens with zero attached hydrogens (tertiary/aromatic N) is 4. The van der Waals surface area contributed by atoms with E-state index in [1.165, 1.54) is 12.3 Å². The minimum Gasteiger partial charge on any atom is -0.488 e. The number of morpholine rings is 1. The number of ether oxygens (including phenoxy) is 2. The molecule has 1 N–H and O–H groups in total. The van der Waals surface area contributed by atoms with Crippen LogP contribution in [-0.2, 0) is 4.74 Å². The lowest BCUT2D eigenvalue weighted by Crippen LogP contribution is -2.40. The standard InChI is InChI=1S/C24H26FN5O3/c25-20-15-26-6-5-19(20)24(31)29-16-1-3-18(4-2-16)33-22-14-17(30-9-11-32-12-10-30)13-21-23(22)28-8-7-27-21/h5-8,13-16,18H,1-4,9-12H2,(H,29,31)/t16-,18+. The highest BCUT2D eigenvalue weighted by Crippen LogP contribution is 2.33. The number of rotatable bonds is 5. The van der Waals surface area contributed by atoms with Crippen LogP contribution in [0.2, 0.25) is 0 Å². The maximum atomic E-state index is 13.8. The zero-order chi connectivity index (χ0) is 22.6. The molecular weight excluding hydrogens is 425 g/mol. The van der Waals surface area contributed by atoms with E-state index in [9.17, 15) is 9.18 Å². The van der Waals surface area contributed by atoms with E-state index in [1.54, 1.807) is 12.4 Å². The summed E-state index contributed by atoms with van der Waals surface area (Å²) in [6.07, 6.45) is 8.94. The SMILES string of the molecule is O=C(N[C@H]1CC[C@@H](Oc2cc(N3CCOCC3)cc3nccnc23)CC1)c1ccncc1F. The molecule has 8 nitrogen and oxygen atoms in total. The van der Waals surface area contributed by atoms with Crippen molar-refractivity contribution in [1.29, 1.82) is 0 Å². The Balaban J connectivity index is 1.25. The van der Waals surface area contributed by atoms with E-state index < -0.39 is 11.7 Å². The molecule has 2 aromatic heterocycles. The highest BCUT2D eigenvalue weighted by atomic mass is 19.1. The summed E-state index contributed by atoms with van der Waals surface area (Å²) in [6, 6.07) is 5.47. The second-order valence-corrected chi connectivity index (χ2v) is 8.39. The number of pyridine rings is 1. The number of carbonyl (C=O) groups is 1. The van der Waals surface area contributed by atoms with Gasteiger partial charge in [-0.3, -0.25) is 14.8 Å². The number of anilines is 1. The van der Waals surface area contributed by atoms with Crippen LogP contribution >= 0.6 is 0 Å². The van der Waals surface area contributed by atoms with Crippen LogP contribution < -0.4 is 15.0 Å². The van der Waals surface area contributed by atoms with Gasteiger partial charge in [-0.2, -0.15) is 0 Å². The first-order chi connectivity index (χ1) is 16.2. The number of benzene rings is 1. The molecule has 1 saturated heterocycles. The maximum absolute atomic E-state index is 13.8. The van der Waals surface area contributed by atoms with E-state index in [1.807, 2.05) is 12.1 Å². The predicted molar refractivity (Wildman–Crippen MR) is 121 cm³/mol. The second-order valence-electron chi connectivity index (χ2n) is 8.39. The molecule has 0 bridgehead atoms. The van der Waals surface area contributed by atoms with Crippen molar-refractivity contribution in [3.8, 4) is 5.75 Å². The van der Waals surface area contributed by atoms with Gasteiger partial charge in [0.2, 0.25) is 0 Å². The number of carbonyl (C=O) groups excluding carboxylic acids is 1. The lowest BCUT2D eigenvalue weighted by Gasteiger charge is -2.31. The fourth-order valence-corrected chi connectivity index (χ4v) is 4.45. The maximum Gasteiger partial charge on any atom is 0.254 e. The summed E-state index contributed by atoms with van der Waals surface area (Å²) in [5.74, 6) is -0.285. The Hall–Kier alpha value is -3.33. The van der Waals surface area contributed by atoms with Gasteiger partial charge in [0.1, 0.15) is 11.3 Å². The summed E-state index contributed by atoms with van der Waals surface area (Å²) >= 11 is 0. The van der Waals surface area contributed by atoms with Crippen molar-refractivity contribution >= 4 is 22.6 Å². The monoisotopic (exact) mass is 451 g/mol. The zero-order valence-corrected chi connectivity index (χ0v) is 18.2. The molecule has 2 aliphatic rings. The van der Waals surface area contributed by atoms with Gasteiger partial charge in [-0.05, 0) is 37.8 Å². The molecule has 1 amide bonds. The molecule has 0 atom stereocenters. The molecule has 33 heavy (non-hydrogen) atoms. The molecule has 2 fully saturated rings. The summed E-state index contributed by atoms with van der Waals surface area (Å²) < 4.78 is 25.7. The fraction of sp³-hybridized carbons (Fsp3) is 0.417. The van der Waals surface area contributed by atoms with Crippen LogP contribution in [0.4, 0.5) is 10.1 Å². The summed E-state index contributed by atoms with van der Waals surface area (Å²) in [5.41, 5.74) is 2.63. The third kappa shape index (κ3) is 4.88. The first-order valence-corrected chi connectivity index (χ1v) is 11.3. The Bertz CT molecular complexity index is 1130. The quantitative estimate of drug-likeness (QED) is 0.638. The van der Waals surface area contributed by atoms with Crippen molar-refractivity contribution in [2.24, 2.45) is 0 Å². The summed E-state index contributed by atoms with van der Waals surface area (Å²) in [5, 5.41) is 2.94. The number of aromatic nitrogens is 3. The van der Waals surface area contributed by atoms with Crippen molar-refractivity contribution in [2.45, 2.75) is 37.8 Å². The molecule has 9 heteroatoms. The largest absolute Gasteiger partial charge is 0.488 e. The number of fused-ring (bicyclic) bond motifs is 1. The fourth-order valence-electron chi connectivity index (χ4n) is 4.45. The van der Waals surface area contributed by atoms with Crippen molar-refractivity contribution in [1.82, 2.24) is 20.3 Å². The first kappa shape index (κ1) is 21.5. The molecule has 0 radical (unpaired) electrons. The van der Waals surface area contributed by atoms with Crippen molar-refractivity contribution in [3.05, 3.63) is 54.4 Å². The Morgan fingerprint density at radius 2 is 1.88 bits per heavy atom. The average Bonchev–Trinajstić information content (AvgIpc) is 2.86. The highest BCUT2D eigenvalue weighted by Gasteiger charge is 2.26. The molecule has 1 aromatic carbocycles. The molecule has 5 rings (SSSR count). The minimum atomic E-state index is -0.611. The molecule has 1 aliphatic carbocycles. The van der Waals surface area contributed by atoms with Crippen LogP contribution in [0.5, 0.6) is 5.75 Å². The van der Waals surface area contributed by atoms with Crippen molar-refractivity contribution < 1.29 is 18.7 Å². The molecule has 172 valence electrons. The number of amides is 1. The Morgan fingerprint density at radius 1 is 1.09 bits per heavy atom. The molecule has 1 saturated carbocycles. The highest BCUT2D eigenvalue weighted by molar-refractivity contribution is 5.94. The van der Waals surface area contributed by atoms with E-state index >= 15 is 0 Å². The average molecular weight is 452 g/mol. The van der Waals surface area contributed by atoms with Crippen LogP contribution in [0.15, 0.2) is 43.0 Å². The number of hydrogen-bond donors (Lipinski definition) is 1. The summed E-state index contributed by atoms with van der Waals surface area (Å²) in [4.78, 5) is 27.4. The third-order valence-corrected chi connectivity index (χ3v) is 6.22. The van der Waals surface area contributed by atoms with Gasteiger partial charge in [0.05, 0.1) is 36.6 Å². The van der Waals surface area contributed by atoms with Crippen LogP contribution in [-0.4, -0.2) is 59.3 Å². The van der Waals surface area contributed by atoms with Crippen molar-refractivity contribution in [2.75, 3.05) is 31.2 Å². The molecule has 0 unspecified atom stereocenters. The van der Waals surface area contributed by atoms with Gasteiger partial charge in [-0.25, -0.2) is 9.37 Å². The zero-order valence-electron chi connectivity index (χ0n) is 18.2. The lowest BCUT2D eigenvalue weighted by molar-refractivity contribution is 0.0891. The smallest absolute Gasteiger partial charge is 0.254 e. The third-order valence-electron chi connectivity index (χ3n) is 6.22. The van der Waals surface area contributed by atoms with Gasteiger partial charge in [-0.1, -0.05) is 0 Å². The normalized spacial score (nSPS) is 21.1. The van der Waals surface area contributed by atoms with Crippen LogP contribution in [0.1, 0.15) is 36.0 Å². The minimum absolute atomic E-state index is 0.0128. The van der Waals surface area contributed by atoms with Crippen molar-refractivity contribution in [3.63, 3.8) is 0 Å². The molecule has 1 aliphatic heterocycles. The Labute approximate surface area is 191 Å². The molecule has 3 aromatic rings. The Kier molecular flexibility index (Phi) is 6.30. The van der Waals surface area contributed by atoms with E-state index in [-0.39, 0.29) is 17.7 Å². The van der Waals surface area contributed by atoms with Gasteiger partial charge < -0.3 is 19.7 Å². The predicted octanol–water partition coefficient (Wildman–Crippen LogP) is 3.12. The Morgan fingerprint density at radius 3 is 2.67 bits per heavy atom. The topological polar surface area (TPSA) is 89.5 Å². The van der Waals surface area contributed by atoms with Gasteiger partial charge in [0.25, 0.3) is 5.91 Å². The molecule has 0 spiro atoms. The second kappa shape index (κ2) is 9.66. The number of nitrogens with one attached hydrogen (secondary N) is 1. The van der Waals surface area contributed by atoms with E-state index in [4.69, 9.17) is 9.47 Å². The van der Waals surface area contributed by atoms with Gasteiger partial charge in [-0.15, -0.1) is 0 Å². The van der Waals surface area contributed by atoms with Crippen LogP contribution in [0.3, 0.4) is 0 Å². The van der Waals surface area contributed by atoms with E-state index in [0.717, 1.165) is 67.4 Å². The lowest BCUT2D eigenvalue weighted by atomic mass is 9.92. The van der Waals surface area contributed by atoms with Gasteiger partial charge >= 0.3 is 0 Å². The van der Waals surface area contributed by atoms with E-state index in [0.29, 0.717) is 13.2 Å². The van der Waals surface area contributed by atoms with Gasteiger partial charge in [0.15, 0.2) is 5.82 Å². The molecule has 3 heterocycles. The number of halogens is 1. The van der Waals surface area contributed by atoms with Gasteiger partial charge in [0, 0.05) is 49.5 Å².